The van der Waals surface area contributed by atoms with Gasteiger partial charge in [0.05, 0.1) is 24.9 Å². The number of carbonyl (C=O) groups excluding carboxylic acids is 1. The number of fused-ring (bicyclic) bond motifs is 1. The summed E-state index contributed by atoms with van der Waals surface area (Å²) in [5.41, 5.74) is 3.92. The molecule has 0 atom stereocenters. The van der Waals surface area contributed by atoms with Crippen LogP contribution in [0.4, 0.5) is 5.69 Å². The summed E-state index contributed by atoms with van der Waals surface area (Å²) in [5.74, 6) is 0.854. The molecule has 1 heterocycles. The second kappa shape index (κ2) is 7.34. The summed E-state index contributed by atoms with van der Waals surface area (Å²) in [6.07, 6.45) is 2.14. The van der Waals surface area contributed by atoms with Gasteiger partial charge in [-0.05, 0) is 50.1 Å². The Hall–Kier alpha value is -2.59. The molecule has 1 amide bonds. The molecule has 2 aromatic carbocycles. The van der Waals surface area contributed by atoms with Crippen molar-refractivity contribution in [3.63, 3.8) is 0 Å². The van der Waals surface area contributed by atoms with Crippen molar-refractivity contribution < 1.29 is 9.53 Å². The third-order valence-electron chi connectivity index (χ3n) is 4.71. The molecule has 1 N–H and O–H groups in total. The van der Waals surface area contributed by atoms with E-state index >= 15 is 0 Å². The van der Waals surface area contributed by atoms with Crippen LogP contribution in [0.15, 0.2) is 54.6 Å². The fourth-order valence-electron chi connectivity index (χ4n) is 3.58. The van der Waals surface area contributed by atoms with Crippen molar-refractivity contribution in [1.29, 1.82) is 0 Å². The Morgan fingerprint density at radius 3 is 2.58 bits per heavy atom. The predicted octanol–water partition coefficient (Wildman–Crippen LogP) is 4.01. The minimum Gasteiger partial charge on any atom is -0.497 e. The molecule has 0 saturated carbocycles. The highest BCUT2D eigenvalue weighted by Gasteiger charge is 2.35. The molecule has 0 fully saturated rings. The number of nitrogens with zero attached hydrogens (tertiary/aromatic N) is 1. The number of methoxy groups -OCH3 is 1. The van der Waals surface area contributed by atoms with Gasteiger partial charge in [-0.1, -0.05) is 36.4 Å². The maximum absolute atomic E-state index is 13.0. The van der Waals surface area contributed by atoms with Crippen LogP contribution in [-0.2, 0) is 11.3 Å². The molecule has 26 heavy (non-hydrogen) atoms. The molecule has 0 aliphatic carbocycles. The van der Waals surface area contributed by atoms with E-state index in [0.29, 0.717) is 6.54 Å². The van der Waals surface area contributed by atoms with Gasteiger partial charge < -0.3 is 15.0 Å². The van der Waals surface area contributed by atoms with E-state index in [1.54, 1.807) is 7.11 Å². The van der Waals surface area contributed by atoms with Gasteiger partial charge in [-0.2, -0.15) is 0 Å². The maximum Gasteiger partial charge on any atom is 0.241 e. The number of benzene rings is 2. The van der Waals surface area contributed by atoms with Crippen molar-refractivity contribution in [2.75, 3.05) is 18.6 Å². The van der Waals surface area contributed by atoms with Crippen LogP contribution in [0.2, 0.25) is 0 Å². The van der Waals surface area contributed by atoms with Crippen LogP contribution in [-0.4, -0.2) is 25.1 Å². The quantitative estimate of drug-likeness (QED) is 0.886. The fourth-order valence-corrected chi connectivity index (χ4v) is 3.58. The molecule has 0 unspecified atom stereocenters. The van der Waals surface area contributed by atoms with Gasteiger partial charge in [0.25, 0.3) is 0 Å². The summed E-state index contributed by atoms with van der Waals surface area (Å²) in [4.78, 5) is 14.9. The SMILES string of the molecule is COc1ccc2c(c1)C(C)=CC(C)(C)N2C(=O)CNCc1ccccc1. The zero-order chi connectivity index (χ0) is 18.7. The highest BCUT2D eigenvalue weighted by molar-refractivity contribution is 6.01. The lowest BCUT2D eigenvalue weighted by atomic mass is 9.88. The number of allylic oxidation sites excluding steroid dienone is 1. The molecule has 0 saturated heterocycles. The molecule has 4 nitrogen and oxygen atoms in total. The van der Waals surface area contributed by atoms with Crippen LogP contribution >= 0.6 is 0 Å². The monoisotopic (exact) mass is 350 g/mol. The van der Waals surface area contributed by atoms with Gasteiger partial charge in [0, 0.05) is 12.1 Å². The molecule has 0 radical (unpaired) electrons. The van der Waals surface area contributed by atoms with E-state index in [1.165, 1.54) is 5.56 Å². The minimum absolute atomic E-state index is 0.0566. The number of hydrogen-bond donors (Lipinski definition) is 1. The Bertz CT molecular complexity index is 825. The van der Waals surface area contributed by atoms with Gasteiger partial charge in [0.15, 0.2) is 0 Å². The number of amides is 1. The van der Waals surface area contributed by atoms with Gasteiger partial charge >= 0.3 is 0 Å². The number of carbonyl (C=O) groups is 1. The first-order valence-electron chi connectivity index (χ1n) is 8.88. The Morgan fingerprint density at radius 2 is 1.88 bits per heavy atom. The van der Waals surface area contributed by atoms with E-state index in [4.69, 9.17) is 4.74 Å². The van der Waals surface area contributed by atoms with E-state index in [1.807, 2.05) is 41.3 Å². The van der Waals surface area contributed by atoms with Crippen LogP contribution in [0.5, 0.6) is 5.75 Å². The maximum atomic E-state index is 13.0. The zero-order valence-corrected chi connectivity index (χ0v) is 15.9. The summed E-state index contributed by atoms with van der Waals surface area (Å²) in [5, 5.41) is 3.26. The van der Waals surface area contributed by atoms with Crippen molar-refractivity contribution in [2.45, 2.75) is 32.9 Å². The van der Waals surface area contributed by atoms with Crippen LogP contribution in [0.3, 0.4) is 0 Å². The molecule has 0 aromatic heterocycles. The summed E-state index contributed by atoms with van der Waals surface area (Å²) in [6.45, 7) is 7.18. The second-order valence-electron chi connectivity index (χ2n) is 7.18. The van der Waals surface area contributed by atoms with E-state index in [-0.39, 0.29) is 18.0 Å². The van der Waals surface area contributed by atoms with Crippen molar-refractivity contribution in [3.05, 3.63) is 65.7 Å². The normalized spacial score (nSPS) is 15.2. The van der Waals surface area contributed by atoms with Crippen LogP contribution < -0.4 is 15.0 Å². The first kappa shape index (κ1) is 18.2. The molecule has 1 aliphatic heterocycles. The van der Waals surface area contributed by atoms with Crippen molar-refractivity contribution in [3.8, 4) is 5.75 Å². The van der Waals surface area contributed by atoms with E-state index in [9.17, 15) is 4.79 Å². The molecular weight excluding hydrogens is 324 g/mol. The smallest absolute Gasteiger partial charge is 0.241 e. The highest BCUT2D eigenvalue weighted by atomic mass is 16.5. The van der Waals surface area contributed by atoms with Gasteiger partial charge in [-0.25, -0.2) is 0 Å². The highest BCUT2D eigenvalue weighted by Crippen LogP contribution is 2.40. The molecule has 4 heteroatoms. The van der Waals surface area contributed by atoms with Gasteiger partial charge in [0.2, 0.25) is 5.91 Å². The van der Waals surface area contributed by atoms with Crippen LogP contribution in [0.25, 0.3) is 5.57 Å². The Kier molecular flexibility index (Phi) is 5.14. The van der Waals surface area contributed by atoms with Gasteiger partial charge in [-0.15, -0.1) is 0 Å². The number of nitrogens with one attached hydrogen (secondary N) is 1. The average molecular weight is 350 g/mol. The van der Waals surface area contributed by atoms with Crippen molar-refractivity contribution in [1.82, 2.24) is 5.32 Å². The molecule has 1 aliphatic rings. The molecule has 2 aromatic rings. The first-order chi connectivity index (χ1) is 12.4. The van der Waals surface area contributed by atoms with Crippen LogP contribution in [0, 0.1) is 0 Å². The topological polar surface area (TPSA) is 41.6 Å². The Morgan fingerprint density at radius 1 is 1.15 bits per heavy atom. The van der Waals surface area contributed by atoms with Gasteiger partial charge in [0.1, 0.15) is 5.75 Å². The second-order valence-corrected chi connectivity index (χ2v) is 7.18. The summed E-state index contributed by atoms with van der Waals surface area (Å²) >= 11 is 0. The molecule has 0 bridgehead atoms. The van der Waals surface area contributed by atoms with Crippen molar-refractivity contribution in [2.24, 2.45) is 0 Å². The summed E-state index contributed by atoms with van der Waals surface area (Å²) < 4.78 is 5.35. The summed E-state index contributed by atoms with van der Waals surface area (Å²) in [7, 11) is 1.66. The molecular formula is C22H26N2O2. The van der Waals surface area contributed by atoms with E-state index in [0.717, 1.165) is 22.6 Å². The Balaban J connectivity index is 1.80. The first-order valence-corrected chi connectivity index (χ1v) is 8.88. The molecule has 0 spiro atoms. The Labute approximate surface area is 155 Å². The molecule has 136 valence electrons. The predicted molar refractivity (Wildman–Crippen MR) is 106 cm³/mol. The minimum atomic E-state index is -0.378. The molecule has 3 rings (SSSR count). The lowest BCUT2D eigenvalue weighted by molar-refractivity contribution is -0.118. The van der Waals surface area contributed by atoms with Crippen LogP contribution in [0.1, 0.15) is 31.9 Å². The number of ether oxygens (including phenoxy) is 1. The number of rotatable bonds is 5. The van der Waals surface area contributed by atoms with Gasteiger partial charge in [-0.3, -0.25) is 4.79 Å². The fraction of sp³-hybridized carbons (Fsp3) is 0.318. The van der Waals surface area contributed by atoms with Crippen molar-refractivity contribution >= 4 is 17.2 Å². The lowest BCUT2D eigenvalue weighted by Gasteiger charge is -2.41. The number of anilines is 1. The van der Waals surface area contributed by atoms with E-state index in [2.05, 4.69) is 44.3 Å². The zero-order valence-electron chi connectivity index (χ0n) is 15.9. The lowest BCUT2D eigenvalue weighted by Crippen LogP contribution is -2.51. The summed E-state index contributed by atoms with van der Waals surface area (Å²) in [6, 6.07) is 16.0. The largest absolute Gasteiger partial charge is 0.497 e. The average Bonchev–Trinajstić information content (AvgIpc) is 2.61. The third kappa shape index (κ3) is 3.65. The van der Waals surface area contributed by atoms with E-state index < -0.39 is 0 Å². The number of hydrogen-bond acceptors (Lipinski definition) is 3. The third-order valence-corrected chi connectivity index (χ3v) is 4.71. The standard InChI is InChI=1S/C22H26N2O2/c1-16-13-22(2,3)24(20-11-10-18(26-4)12-19(16)20)21(25)15-23-14-17-8-6-5-7-9-17/h5-13,23H,14-15H2,1-4H3.